The average molecular weight is 1330 g/mol. The second-order valence-electron chi connectivity index (χ2n) is 22.8. The average Bonchev–Trinajstić information content (AvgIpc) is 1.58. The van der Waals surface area contributed by atoms with Crippen molar-refractivity contribution in [2.24, 2.45) is 0 Å². The molecule has 95 heavy (non-hydrogen) atoms. The highest BCUT2D eigenvalue weighted by atomic mass is 19.4. The summed E-state index contributed by atoms with van der Waals surface area (Å²) in [5.41, 5.74) is -16.9. The van der Waals surface area contributed by atoms with Crippen molar-refractivity contribution in [3.8, 4) is 73.1 Å². The van der Waals surface area contributed by atoms with Gasteiger partial charge < -0.3 is 9.13 Å². The largest absolute Gasteiger partial charge is 0.417 e. The lowest BCUT2D eigenvalue weighted by molar-refractivity contribution is -0.144. The summed E-state index contributed by atoms with van der Waals surface area (Å²) in [4.78, 5) is 0. The second kappa shape index (κ2) is 22.2. The summed E-state index contributed by atoms with van der Waals surface area (Å²) >= 11 is 0. The smallest absolute Gasteiger partial charge is 0.308 e. The predicted octanol–water partition coefficient (Wildman–Crippen LogP) is 24.1. The minimum atomic E-state index is -5.48. The van der Waals surface area contributed by atoms with Crippen LogP contribution < -0.4 is 0 Å². The molecule has 0 aliphatic carbocycles. The van der Waals surface area contributed by atoms with Crippen LogP contribution in [0.2, 0.25) is 0 Å². The fraction of sp³-hybridized carbons (Fsp3) is 0.141. The molecule has 12 rings (SSSR count). The Labute approximate surface area is 522 Å². The van der Waals surface area contributed by atoms with E-state index in [1.165, 1.54) is 87.5 Å². The number of aromatic nitrogens is 2. The lowest BCUT2D eigenvalue weighted by Gasteiger charge is -2.20. The zero-order valence-corrected chi connectivity index (χ0v) is 48.5. The lowest BCUT2D eigenvalue weighted by Crippen LogP contribution is -2.12. The molecule has 0 spiro atoms. The first-order valence-corrected chi connectivity index (χ1v) is 28.1. The molecule has 0 N–H and O–H groups in total. The monoisotopic (exact) mass is 1330 g/mol. The van der Waals surface area contributed by atoms with Gasteiger partial charge in [-0.1, -0.05) is 102 Å². The van der Waals surface area contributed by atoms with Gasteiger partial charge in [0, 0.05) is 21.5 Å². The van der Waals surface area contributed by atoms with Crippen molar-refractivity contribution in [3.63, 3.8) is 0 Å². The van der Waals surface area contributed by atoms with Crippen molar-refractivity contribution in [2.75, 3.05) is 0 Å². The zero-order chi connectivity index (χ0) is 68.8. The number of hydrogen-bond donors (Lipinski definition) is 0. The van der Waals surface area contributed by atoms with E-state index >= 15 is 52.7 Å². The van der Waals surface area contributed by atoms with Gasteiger partial charge in [0.25, 0.3) is 0 Å². The van der Waals surface area contributed by atoms with E-state index in [0.717, 1.165) is 75.9 Å². The van der Waals surface area contributed by atoms with Gasteiger partial charge in [-0.25, -0.2) is 0 Å². The van der Waals surface area contributed by atoms with Crippen LogP contribution in [0.1, 0.15) is 61.2 Å². The van der Waals surface area contributed by atoms with Crippen LogP contribution in [0.5, 0.6) is 0 Å². The van der Waals surface area contributed by atoms with E-state index < -0.39 is 132 Å². The highest BCUT2D eigenvalue weighted by molar-refractivity contribution is 6.13. The molecule has 2 aromatic heterocycles. The number of alkyl halides is 21. The molecule has 0 amide bonds. The quantitative estimate of drug-likeness (QED) is 0.146. The minimum absolute atomic E-state index is 0.0364. The van der Waals surface area contributed by atoms with Gasteiger partial charge in [-0.2, -0.15) is 97.5 Å². The van der Waals surface area contributed by atoms with Gasteiger partial charge in [-0.3, -0.25) is 0 Å². The second-order valence-corrected chi connectivity index (χ2v) is 22.8. The normalized spacial score (nSPS) is 13.0. The molecule has 0 aliphatic heterocycles. The number of halogens is 21. The van der Waals surface area contributed by atoms with Gasteiger partial charge in [0.1, 0.15) is 11.6 Å². The number of rotatable bonds is 7. The van der Waals surface area contributed by atoms with E-state index in [9.17, 15) is 44.8 Å². The third-order valence-electron chi connectivity index (χ3n) is 16.5. The predicted molar refractivity (Wildman–Crippen MR) is 316 cm³/mol. The minimum Gasteiger partial charge on any atom is -0.308 e. The first-order valence-electron chi connectivity index (χ1n) is 28.1. The summed E-state index contributed by atoms with van der Waals surface area (Å²) in [6.07, 6.45) is -36.6. The maximum atomic E-state index is 15.1. The van der Waals surface area contributed by atoms with Gasteiger partial charge in [-0.05, 0) is 167 Å². The van der Waals surface area contributed by atoms with Crippen LogP contribution in [0.4, 0.5) is 92.2 Å². The number of aryl methyl sites for hydroxylation is 3. The summed E-state index contributed by atoms with van der Waals surface area (Å²) in [6.45, 7) is 4.05. The first kappa shape index (κ1) is 64.9. The van der Waals surface area contributed by atoms with Gasteiger partial charge in [0.05, 0.1) is 72.4 Å². The Hall–Kier alpha value is -10.2. The molecule has 2 heterocycles. The number of nitriles is 1. The highest BCUT2D eigenvalue weighted by Crippen LogP contribution is 2.50. The number of nitrogens with zero attached hydrogens (tertiary/aromatic N) is 3. The van der Waals surface area contributed by atoms with Crippen molar-refractivity contribution < 1.29 is 92.2 Å². The Kier molecular flexibility index (Phi) is 15.2. The molecule has 0 saturated heterocycles. The van der Waals surface area contributed by atoms with E-state index in [1.807, 2.05) is 6.07 Å². The third kappa shape index (κ3) is 11.8. The molecule has 0 unspecified atom stereocenters. The topological polar surface area (TPSA) is 33.6 Å². The fourth-order valence-corrected chi connectivity index (χ4v) is 12.3. The van der Waals surface area contributed by atoms with Gasteiger partial charge in [0.15, 0.2) is 0 Å². The molecule has 0 radical (unpaired) electrons. The summed E-state index contributed by atoms with van der Waals surface area (Å²) in [5.74, 6) is 0. The summed E-state index contributed by atoms with van der Waals surface area (Å²) in [6, 6.07) is 29.7. The van der Waals surface area contributed by atoms with Crippen LogP contribution in [-0.4, -0.2) is 9.13 Å². The van der Waals surface area contributed by atoms with E-state index in [0.29, 0.717) is 30.3 Å². The Morgan fingerprint density at radius 3 is 0.853 bits per heavy atom. The van der Waals surface area contributed by atoms with Crippen molar-refractivity contribution in [1.82, 2.24) is 9.13 Å². The molecule has 3 nitrogen and oxygen atoms in total. The lowest BCUT2D eigenvalue weighted by atomic mass is 9.95. The summed E-state index contributed by atoms with van der Waals surface area (Å²) in [7, 11) is 0. The zero-order valence-electron chi connectivity index (χ0n) is 48.5. The van der Waals surface area contributed by atoms with Crippen LogP contribution in [-0.2, 0) is 43.2 Å². The van der Waals surface area contributed by atoms with Gasteiger partial charge >= 0.3 is 43.2 Å². The maximum Gasteiger partial charge on any atom is 0.417 e. The molecule has 0 aliphatic rings. The summed E-state index contributed by atoms with van der Waals surface area (Å²) < 4.78 is 313. The van der Waals surface area contributed by atoms with Gasteiger partial charge in [0.2, 0.25) is 0 Å². The molecule has 0 bridgehead atoms. The molecule has 12 aromatic rings. The molecule has 24 heteroatoms. The van der Waals surface area contributed by atoms with E-state index in [4.69, 9.17) is 0 Å². The summed E-state index contributed by atoms with van der Waals surface area (Å²) in [5, 5.41) is 12.1. The Morgan fingerprint density at radius 2 is 0.558 bits per heavy atom. The van der Waals surface area contributed by atoms with Crippen molar-refractivity contribution in [1.29, 1.82) is 5.26 Å². The molecule has 0 fully saturated rings. The van der Waals surface area contributed by atoms with Crippen molar-refractivity contribution in [2.45, 2.75) is 64.0 Å². The molecular weight excluding hydrogens is 1290 g/mol. The number of benzene rings is 10. The van der Waals surface area contributed by atoms with Crippen molar-refractivity contribution in [3.05, 3.63) is 237 Å². The van der Waals surface area contributed by atoms with Crippen LogP contribution in [0.15, 0.2) is 176 Å². The molecule has 10 aromatic carbocycles. The standard InChI is InChI=1S/C71H38F21N3/c1-34-4-12-46(55(22-34)68(81,82)83)37-6-14-50-52-16-8-39(48-18-10-43(65(72,73)74)31-57(48)70(87,88)89)27-61(52)94(59(50)25-37)63-29-42(41-20-36(3)21-45(24-41)67(78,79)80)30-64(54(63)33-93)95-60-26-38(47-13-5-35(2)23-56(47)69(84,85)86)7-15-51(60)53-17-9-40(28-62(53)95)49-19-11-44(66(75,76)77)32-58(49)71(90,91)92/h4-32H,1-3H3. The first-order chi connectivity index (χ1) is 44.2. The molecule has 0 saturated carbocycles. The molecular formula is C71H38F21N3. The van der Waals surface area contributed by atoms with E-state index in [-0.39, 0.29) is 94.7 Å². The van der Waals surface area contributed by atoms with Crippen LogP contribution in [0, 0.1) is 32.1 Å². The maximum absolute atomic E-state index is 15.1. The Balaban J connectivity index is 1.28. The van der Waals surface area contributed by atoms with E-state index in [1.54, 1.807) is 0 Å². The fourth-order valence-electron chi connectivity index (χ4n) is 12.3. The SMILES string of the molecule is Cc1cc(-c2cc(-n3c4cc(-c5ccc(C)cc5C(F)(F)F)ccc4c4ccc(-c5ccc(C(F)(F)F)cc5C(F)(F)F)cc43)c(C#N)c(-n3c4cc(-c5ccc(C)cc5C(F)(F)F)ccc4c4ccc(-c5ccc(C(F)(F)F)cc5C(F)(F)F)cc43)c2)cc(C(F)(F)F)c1. The van der Waals surface area contributed by atoms with Crippen LogP contribution in [0.3, 0.4) is 0 Å². The van der Waals surface area contributed by atoms with Crippen LogP contribution >= 0.6 is 0 Å². The number of fused-ring (bicyclic) bond motifs is 6. The number of hydrogen-bond acceptors (Lipinski definition) is 1. The van der Waals surface area contributed by atoms with Crippen molar-refractivity contribution >= 4 is 43.6 Å². The Morgan fingerprint density at radius 1 is 0.263 bits per heavy atom. The van der Waals surface area contributed by atoms with E-state index in [2.05, 4.69) is 0 Å². The van der Waals surface area contributed by atoms with Gasteiger partial charge in [-0.15, -0.1) is 0 Å². The Bertz CT molecular complexity index is 4910. The van der Waals surface area contributed by atoms with Crippen LogP contribution in [0.25, 0.3) is 111 Å². The molecule has 0 atom stereocenters. The highest BCUT2D eigenvalue weighted by Gasteiger charge is 2.42. The third-order valence-corrected chi connectivity index (χ3v) is 16.5. The molecule has 484 valence electrons.